The first-order valence-corrected chi connectivity index (χ1v) is 5.23. The maximum atomic E-state index is 3.35. The lowest BCUT2D eigenvalue weighted by Crippen LogP contribution is -2.67. The smallest absolute Gasteiger partial charge is 0.208 e. The Bertz CT molecular complexity index is 485. The summed E-state index contributed by atoms with van der Waals surface area (Å²) in [6.45, 7) is 8.41. The Balaban J connectivity index is 2.40. The van der Waals surface area contributed by atoms with Crippen LogP contribution in [0.2, 0.25) is 0 Å². The lowest BCUT2D eigenvalue weighted by atomic mass is 10.1. The highest BCUT2D eigenvalue weighted by Gasteiger charge is 2.15. The Morgan fingerprint density at radius 2 is 1.93 bits per heavy atom. The zero-order chi connectivity index (χ0) is 11.0. The van der Waals surface area contributed by atoms with E-state index in [-0.39, 0.29) is 0 Å². The van der Waals surface area contributed by atoms with Gasteiger partial charge in [-0.05, 0) is 32.4 Å². The quantitative estimate of drug-likeness (QED) is 0.689. The van der Waals surface area contributed by atoms with E-state index >= 15 is 0 Å². The zero-order valence-corrected chi connectivity index (χ0v) is 9.73. The highest BCUT2D eigenvalue weighted by molar-refractivity contribution is 5.91. The van der Waals surface area contributed by atoms with Gasteiger partial charge in [-0.1, -0.05) is 0 Å². The Hall–Kier alpha value is -1.57. The molecule has 2 nitrogen and oxygen atoms in total. The van der Waals surface area contributed by atoms with Crippen LogP contribution in [0, 0.1) is 13.8 Å². The largest absolute Gasteiger partial charge is 0.359 e. The van der Waals surface area contributed by atoms with Gasteiger partial charge < -0.3 is 4.98 Å². The van der Waals surface area contributed by atoms with Gasteiger partial charge in [0.05, 0.1) is 0 Å². The fraction of sp³-hybridized carbons (Fsp3) is 0.308. The standard InChI is InChI=1S/C13H16N2/c1-8-5-10(3)14-12(8)7-13-9(2)6-11(4)15-13/h5-7,14H,1-4H3/p+1/b13-7-. The monoisotopic (exact) mass is 201 g/mol. The van der Waals surface area contributed by atoms with Gasteiger partial charge in [0.2, 0.25) is 5.70 Å². The van der Waals surface area contributed by atoms with Crippen LogP contribution in [0.5, 0.6) is 0 Å². The number of H-pyrrole nitrogens is 1. The molecule has 1 aromatic heterocycles. The van der Waals surface area contributed by atoms with Crippen molar-refractivity contribution in [3.63, 3.8) is 0 Å². The number of nitrogens with one attached hydrogen (secondary N) is 2. The van der Waals surface area contributed by atoms with Crippen molar-refractivity contribution in [2.75, 3.05) is 0 Å². The average Bonchev–Trinajstić information content (AvgIpc) is 2.58. The maximum absolute atomic E-state index is 3.35. The molecular weight excluding hydrogens is 184 g/mol. The molecule has 0 saturated carbocycles. The molecule has 0 radical (unpaired) electrons. The van der Waals surface area contributed by atoms with Gasteiger partial charge in [-0.15, -0.1) is 0 Å². The van der Waals surface area contributed by atoms with Crippen LogP contribution in [0.15, 0.2) is 23.4 Å². The second-order valence-corrected chi connectivity index (χ2v) is 4.24. The molecule has 0 aliphatic carbocycles. The molecule has 1 aromatic rings. The fourth-order valence-electron chi connectivity index (χ4n) is 1.94. The third kappa shape index (κ3) is 1.94. The second kappa shape index (κ2) is 3.54. The molecule has 0 bridgehead atoms. The summed E-state index contributed by atoms with van der Waals surface area (Å²) in [4.78, 5) is 6.71. The van der Waals surface area contributed by atoms with Crippen molar-refractivity contribution < 1.29 is 4.99 Å². The normalized spacial score (nSPS) is 18.3. The van der Waals surface area contributed by atoms with Gasteiger partial charge in [-0.25, -0.2) is 4.99 Å². The number of aromatic nitrogens is 1. The summed E-state index contributed by atoms with van der Waals surface area (Å²) < 4.78 is 0. The van der Waals surface area contributed by atoms with E-state index in [1.54, 1.807) is 0 Å². The second-order valence-electron chi connectivity index (χ2n) is 4.24. The molecule has 2 heteroatoms. The average molecular weight is 201 g/mol. The lowest BCUT2D eigenvalue weighted by molar-refractivity contribution is -0.386. The van der Waals surface area contributed by atoms with Gasteiger partial charge in [0, 0.05) is 36.0 Å². The van der Waals surface area contributed by atoms with Crippen LogP contribution < -0.4 is 4.99 Å². The summed E-state index contributed by atoms with van der Waals surface area (Å²) in [7, 11) is 0. The number of hydrogen-bond donors (Lipinski definition) is 2. The predicted molar refractivity (Wildman–Crippen MR) is 63.6 cm³/mol. The van der Waals surface area contributed by atoms with Crippen molar-refractivity contribution in [1.82, 2.24) is 4.98 Å². The Labute approximate surface area is 90.4 Å². The molecule has 15 heavy (non-hydrogen) atoms. The van der Waals surface area contributed by atoms with E-state index in [0.29, 0.717) is 0 Å². The van der Waals surface area contributed by atoms with Crippen molar-refractivity contribution in [3.05, 3.63) is 40.4 Å². The van der Waals surface area contributed by atoms with Crippen LogP contribution in [0.25, 0.3) is 6.08 Å². The summed E-state index contributed by atoms with van der Waals surface area (Å²) in [6, 6.07) is 2.16. The van der Waals surface area contributed by atoms with Gasteiger partial charge in [0.1, 0.15) is 0 Å². The maximum Gasteiger partial charge on any atom is 0.208 e. The van der Waals surface area contributed by atoms with E-state index in [0.717, 1.165) is 0 Å². The van der Waals surface area contributed by atoms with E-state index in [1.807, 2.05) is 0 Å². The summed E-state index contributed by atoms with van der Waals surface area (Å²) >= 11 is 0. The molecule has 0 spiro atoms. The third-order valence-corrected chi connectivity index (χ3v) is 2.67. The van der Waals surface area contributed by atoms with Crippen LogP contribution >= 0.6 is 0 Å². The molecule has 0 amide bonds. The van der Waals surface area contributed by atoms with E-state index in [9.17, 15) is 0 Å². The van der Waals surface area contributed by atoms with Crippen LogP contribution in [-0.2, 0) is 0 Å². The zero-order valence-electron chi connectivity index (χ0n) is 9.73. The van der Waals surface area contributed by atoms with Crippen LogP contribution in [0.3, 0.4) is 0 Å². The fourth-order valence-corrected chi connectivity index (χ4v) is 1.94. The molecule has 2 heterocycles. The minimum atomic E-state index is 1.19. The Kier molecular flexibility index (Phi) is 2.35. The van der Waals surface area contributed by atoms with Gasteiger partial charge >= 0.3 is 0 Å². The van der Waals surface area contributed by atoms with Gasteiger partial charge in [0.15, 0.2) is 5.71 Å². The van der Waals surface area contributed by atoms with Crippen LogP contribution in [0.1, 0.15) is 30.8 Å². The lowest BCUT2D eigenvalue weighted by Gasteiger charge is -1.92. The summed E-state index contributed by atoms with van der Waals surface area (Å²) in [5.74, 6) is 0. The number of aryl methyl sites for hydroxylation is 2. The molecule has 1 aliphatic rings. The first kappa shape index (κ1) is 9.97. The highest BCUT2D eigenvalue weighted by atomic mass is 14.8. The Morgan fingerprint density at radius 3 is 2.40 bits per heavy atom. The summed E-state index contributed by atoms with van der Waals surface area (Å²) in [5, 5.41) is 0. The molecule has 0 unspecified atom stereocenters. The molecular formula is C13H17N2+. The molecule has 1 aliphatic heterocycles. The van der Waals surface area contributed by atoms with Gasteiger partial charge in [-0.2, -0.15) is 0 Å². The van der Waals surface area contributed by atoms with Crippen molar-refractivity contribution in [1.29, 1.82) is 0 Å². The van der Waals surface area contributed by atoms with E-state index in [1.165, 1.54) is 33.9 Å². The highest BCUT2D eigenvalue weighted by Crippen LogP contribution is 2.14. The van der Waals surface area contributed by atoms with Crippen molar-refractivity contribution in [3.8, 4) is 0 Å². The number of allylic oxidation sites excluding steroid dienone is 2. The first-order valence-electron chi connectivity index (χ1n) is 5.23. The first-order chi connectivity index (χ1) is 7.06. The molecule has 0 atom stereocenters. The number of rotatable bonds is 1. The van der Waals surface area contributed by atoms with Crippen molar-refractivity contribution in [2.24, 2.45) is 0 Å². The molecule has 78 valence electrons. The molecule has 0 saturated heterocycles. The van der Waals surface area contributed by atoms with Crippen LogP contribution in [-0.4, -0.2) is 10.7 Å². The van der Waals surface area contributed by atoms with Crippen molar-refractivity contribution in [2.45, 2.75) is 27.7 Å². The topological polar surface area (TPSA) is 29.8 Å². The van der Waals surface area contributed by atoms with Crippen molar-refractivity contribution >= 4 is 11.8 Å². The van der Waals surface area contributed by atoms with E-state index in [4.69, 9.17) is 0 Å². The van der Waals surface area contributed by atoms with Gasteiger partial charge in [0.25, 0.3) is 0 Å². The Morgan fingerprint density at radius 1 is 1.20 bits per heavy atom. The summed E-state index contributed by atoms with van der Waals surface area (Å²) in [6.07, 6.45) is 4.33. The van der Waals surface area contributed by atoms with E-state index in [2.05, 4.69) is 55.9 Å². The molecule has 2 rings (SSSR count). The van der Waals surface area contributed by atoms with Crippen LogP contribution in [0.4, 0.5) is 0 Å². The summed E-state index contributed by atoms with van der Waals surface area (Å²) in [5.41, 5.74) is 7.38. The number of aromatic amines is 1. The molecule has 0 aromatic carbocycles. The third-order valence-electron chi connectivity index (χ3n) is 2.67. The molecule has 2 N–H and O–H groups in total. The van der Waals surface area contributed by atoms with E-state index < -0.39 is 0 Å². The predicted octanol–water partition coefficient (Wildman–Crippen LogP) is 1.47. The SMILES string of the molecule is CC1=CC(C)=[NH+]/C1=C\c1[nH]c(C)cc1C. The molecule has 0 fully saturated rings. The minimum absolute atomic E-state index is 1.19. The van der Waals surface area contributed by atoms with Gasteiger partial charge in [-0.3, -0.25) is 0 Å². The minimum Gasteiger partial charge on any atom is -0.359 e. The number of hydrogen-bond acceptors (Lipinski definition) is 0.